The van der Waals surface area contributed by atoms with Crippen molar-refractivity contribution in [3.05, 3.63) is 29.8 Å². The second kappa shape index (κ2) is 5.92. The van der Waals surface area contributed by atoms with Crippen LogP contribution in [0, 0.1) is 0 Å². The van der Waals surface area contributed by atoms with E-state index in [-0.39, 0.29) is 10.9 Å². The van der Waals surface area contributed by atoms with E-state index in [1.54, 1.807) is 11.9 Å². The molecule has 0 N–H and O–H groups in total. The SMILES string of the molecule is CC(=O)OC1(c2cccc(O[Si](C)(C)C(C)(C)C)c2)CN(C)C1=O. The molecule has 0 radical (unpaired) electrons. The van der Waals surface area contributed by atoms with Crippen LogP contribution in [0.15, 0.2) is 24.3 Å². The predicted octanol–water partition coefficient (Wildman–Crippen LogP) is 3.30. The second-order valence-corrected chi connectivity index (χ2v) is 12.7. The van der Waals surface area contributed by atoms with Crippen LogP contribution in [0.1, 0.15) is 33.3 Å². The molecule has 1 saturated heterocycles. The third kappa shape index (κ3) is 3.20. The lowest BCUT2D eigenvalue weighted by Crippen LogP contribution is -2.64. The zero-order valence-corrected chi connectivity index (χ0v) is 16.6. The van der Waals surface area contributed by atoms with Gasteiger partial charge in [0.15, 0.2) is 0 Å². The summed E-state index contributed by atoms with van der Waals surface area (Å²) in [6.45, 7) is 12.5. The van der Waals surface area contributed by atoms with Crippen LogP contribution in [0.25, 0.3) is 0 Å². The molecule has 0 saturated carbocycles. The molecule has 24 heavy (non-hydrogen) atoms. The highest BCUT2D eigenvalue weighted by Gasteiger charge is 2.55. The molecule has 0 bridgehead atoms. The Labute approximate surface area is 145 Å². The maximum atomic E-state index is 12.4. The van der Waals surface area contributed by atoms with E-state index in [0.717, 1.165) is 0 Å². The van der Waals surface area contributed by atoms with Gasteiger partial charge < -0.3 is 14.1 Å². The van der Waals surface area contributed by atoms with Gasteiger partial charge in [-0.1, -0.05) is 32.9 Å². The lowest BCUT2D eigenvalue weighted by molar-refractivity contribution is -0.193. The molecular formula is C18H27NO4Si. The fourth-order valence-corrected chi connectivity index (χ4v) is 3.57. The van der Waals surface area contributed by atoms with E-state index in [2.05, 4.69) is 33.9 Å². The highest BCUT2D eigenvalue weighted by Crippen LogP contribution is 2.40. The fourth-order valence-electron chi connectivity index (χ4n) is 2.54. The minimum absolute atomic E-state index is 0.0725. The summed E-state index contributed by atoms with van der Waals surface area (Å²) in [6.07, 6.45) is 0. The summed E-state index contributed by atoms with van der Waals surface area (Å²) in [7, 11) is -0.291. The van der Waals surface area contributed by atoms with Crippen LogP contribution in [0.4, 0.5) is 0 Å². The molecule has 5 nitrogen and oxygen atoms in total. The number of esters is 1. The van der Waals surface area contributed by atoms with Crippen molar-refractivity contribution < 1.29 is 18.8 Å². The summed E-state index contributed by atoms with van der Waals surface area (Å²) in [5.41, 5.74) is -0.551. The Hall–Kier alpha value is -1.82. The first-order valence-corrected chi connectivity index (χ1v) is 11.0. The smallest absolute Gasteiger partial charge is 0.304 e. The molecule has 2 rings (SSSR count). The van der Waals surface area contributed by atoms with E-state index in [1.807, 2.05) is 24.3 Å². The number of carbonyl (C=O) groups is 2. The number of likely N-dealkylation sites (N-methyl/N-ethyl adjacent to an activating group) is 1. The minimum atomic E-state index is -1.99. The number of carbonyl (C=O) groups excluding carboxylic acids is 2. The topological polar surface area (TPSA) is 55.8 Å². The molecule has 132 valence electrons. The number of nitrogens with zero attached hydrogens (tertiary/aromatic N) is 1. The van der Waals surface area contributed by atoms with Crippen molar-refractivity contribution in [2.24, 2.45) is 0 Å². The second-order valence-electron chi connectivity index (χ2n) is 7.97. The van der Waals surface area contributed by atoms with E-state index >= 15 is 0 Å². The lowest BCUT2D eigenvalue weighted by Gasteiger charge is -2.46. The Morgan fingerprint density at radius 2 is 1.92 bits per heavy atom. The van der Waals surface area contributed by atoms with E-state index in [9.17, 15) is 9.59 Å². The van der Waals surface area contributed by atoms with Crippen LogP contribution in [0.2, 0.25) is 18.1 Å². The Morgan fingerprint density at radius 3 is 2.38 bits per heavy atom. The number of benzene rings is 1. The quantitative estimate of drug-likeness (QED) is 0.475. The monoisotopic (exact) mass is 349 g/mol. The first-order chi connectivity index (χ1) is 10.9. The van der Waals surface area contributed by atoms with Crippen LogP contribution in [-0.2, 0) is 19.9 Å². The molecule has 1 heterocycles. The molecule has 0 spiro atoms. The van der Waals surface area contributed by atoms with E-state index < -0.39 is 19.9 Å². The molecule has 1 aromatic rings. The predicted molar refractivity (Wildman–Crippen MR) is 95.3 cm³/mol. The van der Waals surface area contributed by atoms with Crippen molar-refractivity contribution in [1.29, 1.82) is 0 Å². The van der Waals surface area contributed by atoms with Gasteiger partial charge in [0.05, 0.1) is 6.54 Å². The van der Waals surface area contributed by atoms with E-state index in [0.29, 0.717) is 17.9 Å². The molecule has 1 aliphatic heterocycles. The summed E-state index contributed by atoms with van der Waals surface area (Å²) in [5.74, 6) is 0.0438. The molecular weight excluding hydrogens is 322 g/mol. The van der Waals surface area contributed by atoms with E-state index in [1.165, 1.54) is 6.92 Å². The maximum absolute atomic E-state index is 12.4. The fraction of sp³-hybridized carbons (Fsp3) is 0.556. The highest BCUT2D eigenvalue weighted by atomic mass is 28.4. The molecule has 0 aliphatic carbocycles. The summed E-state index contributed by atoms with van der Waals surface area (Å²) < 4.78 is 11.7. The Morgan fingerprint density at radius 1 is 1.29 bits per heavy atom. The number of β-lactam (4-membered cyclic amide) rings is 1. The molecule has 1 aliphatic rings. The normalized spacial score (nSPS) is 21.3. The Bertz CT molecular complexity index is 665. The summed E-state index contributed by atoms with van der Waals surface area (Å²) in [5, 5.41) is 0.0725. The van der Waals surface area contributed by atoms with Crippen molar-refractivity contribution in [1.82, 2.24) is 4.90 Å². The highest BCUT2D eigenvalue weighted by molar-refractivity contribution is 6.74. The van der Waals surface area contributed by atoms with Gasteiger partial charge in [-0.3, -0.25) is 9.59 Å². The Kier molecular flexibility index (Phi) is 4.56. The van der Waals surface area contributed by atoms with Crippen LogP contribution >= 0.6 is 0 Å². The van der Waals surface area contributed by atoms with Crippen molar-refractivity contribution in [3.8, 4) is 5.75 Å². The number of hydrogen-bond donors (Lipinski definition) is 0. The van der Waals surface area contributed by atoms with Crippen LogP contribution in [-0.4, -0.2) is 38.7 Å². The molecule has 1 unspecified atom stereocenters. The molecule has 0 aromatic heterocycles. The third-order valence-corrected chi connectivity index (χ3v) is 9.31. The average molecular weight is 350 g/mol. The van der Waals surface area contributed by atoms with Gasteiger partial charge in [0.25, 0.3) is 5.91 Å². The minimum Gasteiger partial charge on any atom is -0.543 e. The average Bonchev–Trinajstić information content (AvgIpc) is 2.44. The molecule has 6 heteroatoms. The number of hydrogen-bond acceptors (Lipinski definition) is 4. The standard InChI is InChI=1S/C18H27NO4Si/c1-13(20)22-18(12-19(5)16(18)21)14-9-8-10-15(11-14)23-24(6,7)17(2,3)4/h8-11H,12H2,1-7H3. The molecule has 1 aromatic carbocycles. The van der Waals surface area contributed by atoms with Crippen LogP contribution < -0.4 is 4.43 Å². The molecule has 1 fully saturated rings. The van der Waals surface area contributed by atoms with Crippen molar-refractivity contribution in [2.75, 3.05) is 13.6 Å². The van der Waals surface area contributed by atoms with Gasteiger partial charge in [-0.15, -0.1) is 0 Å². The largest absolute Gasteiger partial charge is 0.543 e. The van der Waals surface area contributed by atoms with Gasteiger partial charge >= 0.3 is 5.97 Å². The van der Waals surface area contributed by atoms with Crippen LogP contribution in [0.3, 0.4) is 0 Å². The molecule has 1 atom stereocenters. The van der Waals surface area contributed by atoms with Gasteiger partial charge in [0.2, 0.25) is 13.9 Å². The van der Waals surface area contributed by atoms with Gasteiger partial charge in [-0.25, -0.2) is 0 Å². The van der Waals surface area contributed by atoms with Gasteiger partial charge in [-0.05, 0) is 30.3 Å². The first-order valence-electron chi connectivity index (χ1n) is 8.14. The maximum Gasteiger partial charge on any atom is 0.304 e. The zero-order valence-electron chi connectivity index (χ0n) is 15.6. The van der Waals surface area contributed by atoms with Crippen LogP contribution in [0.5, 0.6) is 5.75 Å². The molecule has 1 amide bonds. The summed E-state index contributed by atoms with van der Waals surface area (Å²) in [4.78, 5) is 25.4. The summed E-state index contributed by atoms with van der Waals surface area (Å²) in [6, 6.07) is 7.37. The first kappa shape index (κ1) is 18.5. The van der Waals surface area contributed by atoms with Crippen molar-refractivity contribution in [2.45, 2.75) is 51.4 Å². The van der Waals surface area contributed by atoms with Crippen molar-refractivity contribution >= 4 is 20.2 Å². The number of likely N-dealkylation sites (tertiary alicyclic amines) is 1. The summed E-state index contributed by atoms with van der Waals surface area (Å²) >= 11 is 0. The zero-order chi connectivity index (χ0) is 18.3. The van der Waals surface area contributed by atoms with Crippen molar-refractivity contribution in [3.63, 3.8) is 0 Å². The Balaban J connectivity index is 2.36. The van der Waals surface area contributed by atoms with Gasteiger partial charge in [0.1, 0.15) is 5.75 Å². The number of ether oxygens (including phenoxy) is 1. The lowest BCUT2D eigenvalue weighted by atomic mass is 9.85. The van der Waals surface area contributed by atoms with Gasteiger partial charge in [0, 0.05) is 19.5 Å². The number of rotatable bonds is 4. The number of amides is 1. The van der Waals surface area contributed by atoms with Gasteiger partial charge in [-0.2, -0.15) is 0 Å². The third-order valence-electron chi connectivity index (χ3n) is 4.95. The van der Waals surface area contributed by atoms with E-state index in [4.69, 9.17) is 9.16 Å².